The highest BCUT2D eigenvalue weighted by atomic mass is 32.2. The number of hydrogen-bond acceptors (Lipinski definition) is 8. The van der Waals surface area contributed by atoms with Gasteiger partial charge < -0.3 is 20.1 Å². The minimum absolute atomic E-state index is 0.0232. The van der Waals surface area contributed by atoms with Gasteiger partial charge in [0, 0.05) is 44.8 Å². The Morgan fingerprint density at radius 2 is 1.74 bits per heavy atom. The van der Waals surface area contributed by atoms with E-state index in [0.717, 1.165) is 0 Å². The fourth-order valence-corrected chi connectivity index (χ4v) is 5.98. The minimum atomic E-state index is -5.41. The number of alkyl halides is 3. The normalized spacial score (nSPS) is 14.8. The van der Waals surface area contributed by atoms with Gasteiger partial charge in [-0.2, -0.15) is 13.2 Å². The number of benzene rings is 2. The van der Waals surface area contributed by atoms with Crippen molar-refractivity contribution in [1.29, 1.82) is 0 Å². The van der Waals surface area contributed by atoms with E-state index in [1.165, 1.54) is 43.5 Å². The predicted molar refractivity (Wildman–Crippen MR) is 135 cm³/mol. The summed E-state index contributed by atoms with van der Waals surface area (Å²) in [4.78, 5) is 27.2. The van der Waals surface area contributed by atoms with E-state index in [2.05, 4.69) is 10.6 Å². The lowest BCUT2D eigenvalue weighted by atomic mass is 10.1. The van der Waals surface area contributed by atoms with Crippen LogP contribution >= 0.6 is 0 Å². The third-order valence-corrected chi connectivity index (χ3v) is 7.91. The fraction of sp³-hybridized carbons (Fsp3) is 0.360. The summed E-state index contributed by atoms with van der Waals surface area (Å²) in [6.45, 7) is 4.19. The van der Waals surface area contributed by atoms with Crippen LogP contribution in [0.1, 0.15) is 23.0 Å². The number of nitrogens with zero attached hydrogens (tertiary/aromatic N) is 2. The van der Waals surface area contributed by atoms with E-state index in [1.807, 2.05) is 4.90 Å². The molecule has 1 amide bonds. The van der Waals surface area contributed by atoms with Gasteiger partial charge in [0.25, 0.3) is 15.9 Å². The summed E-state index contributed by atoms with van der Waals surface area (Å²) >= 11 is 0. The molecule has 1 aliphatic heterocycles. The second-order valence-electron chi connectivity index (χ2n) is 8.67. The van der Waals surface area contributed by atoms with Gasteiger partial charge in [-0.25, -0.2) is 17.2 Å². The summed E-state index contributed by atoms with van der Waals surface area (Å²) in [7, 11) is -3.21. The Morgan fingerprint density at radius 3 is 2.33 bits per heavy atom. The number of carbonyl (C=O) groups excluding carboxylic acids is 2. The van der Waals surface area contributed by atoms with Crippen molar-refractivity contribution in [2.45, 2.75) is 24.5 Å². The molecule has 0 saturated carbocycles. The minimum Gasteiger partial charge on any atom is -0.496 e. The van der Waals surface area contributed by atoms with Gasteiger partial charge in [-0.1, -0.05) is 18.2 Å². The first kappa shape index (κ1) is 28.4. The zero-order valence-corrected chi connectivity index (χ0v) is 22.0. The van der Waals surface area contributed by atoms with Crippen LogP contribution in [0.4, 0.5) is 13.2 Å². The van der Waals surface area contributed by atoms with Crippen LogP contribution in [0.2, 0.25) is 0 Å². The van der Waals surface area contributed by atoms with Crippen molar-refractivity contribution >= 4 is 32.8 Å². The molecule has 1 fully saturated rings. The van der Waals surface area contributed by atoms with Crippen LogP contribution < -0.4 is 20.1 Å². The largest absolute Gasteiger partial charge is 0.496 e. The molecule has 39 heavy (non-hydrogen) atoms. The highest BCUT2D eigenvalue weighted by Crippen LogP contribution is 2.43. The molecule has 4 rings (SSSR count). The maximum atomic E-state index is 13.9. The molecule has 2 aromatic carbocycles. The summed E-state index contributed by atoms with van der Waals surface area (Å²) in [6, 6.07) is 9.87. The quantitative estimate of drug-likeness (QED) is 0.398. The highest BCUT2D eigenvalue weighted by molar-refractivity contribution is 7.90. The summed E-state index contributed by atoms with van der Waals surface area (Å²) < 4.78 is 78.9. The van der Waals surface area contributed by atoms with Crippen LogP contribution in [0.5, 0.6) is 11.5 Å². The van der Waals surface area contributed by atoms with Crippen molar-refractivity contribution in [3.8, 4) is 11.5 Å². The molecule has 1 aromatic heterocycles. The van der Waals surface area contributed by atoms with Gasteiger partial charge in [-0.05, 0) is 31.2 Å². The molecule has 0 bridgehead atoms. The molecule has 1 saturated heterocycles. The van der Waals surface area contributed by atoms with Crippen LogP contribution in [0.15, 0.2) is 47.4 Å². The van der Waals surface area contributed by atoms with Gasteiger partial charge in [-0.15, -0.1) is 0 Å². The fourth-order valence-electron chi connectivity index (χ4n) is 4.45. The molecule has 210 valence electrons. The van der Waals surface area contributed by atoms with Gasteiger partial charge in [-0.3, -0.25) is 9.69 Å². The lowest BCUT2D eigenvalue weighted by Gasteiger charge is -2.28. The van der Waals surface area contributed by atoms with Crippen molar-refractivity contribution < 1.29 is 40.7 Å². The van der Waals surface area contributed by atoms with Gasteiger partial charge in [0.1, 0.15) is 5.75 Å². The number of nitrogens with one attached hydrogen (secondary N) is 2. The van der Waals surface area contributed by atoms with Crippen molar-refractivity contribution in [3.63, 3.8) is 0 Å². The average molecular weight is 569 g/mol. The topological polar surface area (TPSA) is 119 Å². The number of hydrogen-bond donors (Lipinski definition) is 2. The molecule has 0 aliphatic carbocycles. The van der Waals surface area contributed by atoms with Crippen molar-refractivity contribution in [3.05, 3.63) is 53.7 Å². The number of aromatic nitrogens is 1. The van der Waals surface area contributed by atoms with E-state index in [9.17, 15) is 31.2 Å². The lowest BCUT2D eigenvalue weighted by molar-refractivity contribution is -0.189. The molecular weight excluding hydrogens is 541 g/mol. The number of ether oxygens (including phenoxy) is 2. The summed E-state index contributed by atoms with van der Waals surface area (Å²) in [6.07, 6.45) is -5.41. The highest BCUT2D eigenvalue weighted by Gasteiger charge is 2.44. The summed E-state index contributed by atoms with van der Waals surface area (Å²) in [5.74, 6) is -4.23. The zero-order valence-electron chi connectivity index (χ0n) is 21.2. The first-order valence-corrected chi connectivity index (χ1v) is 13.5. The standard InChI is InChI=1S/C25H27F3N4O6S/c1-3-30-23(33)21-22(38-24(34)25(26,27)28)20-17(15-31-13-11-29-12-14-31)19(37-2)10-9-18(20)32(21)39(35,36)16-7-5-4-6-8-16/h4-10,29H,3,11-15H2,1-2H3,(H,30,33). The second-order valence-corrected chi connectivity index (χ2v) is 10.5. The molecule has 0 unspecified atom stereocenters. The SMILES string of the molecule is CCNC(=O)c1c(OC(=O)C(F)(F)F)c2c(CN3CCNCC3)c(OC)ccc2n1S(=O)(=O)c1ccccc1. The molecule has 0 atom stereocenters. The van der Waals surface area contributed by atoms with E-state index in [-0.39, 0.29) is 40.2 Å². The van der Waals surface area contributed by atoms with Gasteiger partial charge in [0.2, 0.25) is 0 Å². The van der Waals surface area contributed by atoms with E-state index < -0.39 is 39.5 Å². The number of halogens is 3. The summed E-state index contributed by atoms with van der Waals surface area (Å²) in [5, 5.41) is 5.47. The molecule has 2 heterocycles. The molecule has 2 N–H and O–H groups in total. The van der Waals surface area contributed by atoms with Crippen molar-refractivity contribution in [2.24, 2.45) is 0 Å². The third-order valence-electron chi connectivity index (χ3n) is 6.18. The average Bonchev–Trinajstić information content (AvgIpc) is 3.25. The number of rotatable bonds is 8. The third kappa shape index (κ3) is 5.58. The van der Waals surface area contributed by atoms with Gasteiger partial charge in [0.15, 0.2) is 11.4 Å². The molecule has 3 aromatic rings. The Labute approximate surface area is 222 Å². The van der Waals surface area contributed by atoms with E-state index >= 15 is 0 Å². The molecule has 1 aliphatic rings. The van der Waals surface area contributed by atoms with E-state index in [1.54, 1.807) is 13.0 Å². The lowest BCUT2D eigenvalue weighted by Crippen LogP contribution is -2.43. The first-order valence-electron chi connectivity index (χ1n) is 12.1. The Balaban J connectivity index is 2.12. The van der Waals surface area contributed by atoms with Crippen LogP contribution in [0.25, 0.3) is 10.9 Å². The van der Waals surface area contributed by atoms with Crippen molar-refractivity contribution in [1.82, 2.24) is 19.5 Å². The molecule has 0 radical (unpaired) electrons. The van der Waals surface area contributed by atoms with Gasteiger partial charge in [0.05, 0.1) is 22.9 Å². The van der Waals surface area contributed by atoms with E-state index in [0.29, 0.717) is 30.2 Å². The number of amides is 1. The first-order chi connectivity index (χ1) is 18.5. The Bertz CT molecular complexity index is 1480. The van der Waals surface area contributed by atoms with Crippen LogP contribution in [-0.4, -0.2) is 75.2 Å². The zero-order chi connectivity index (χ0) is 28.4. The predicted octanol–water partition coefficient (Wildman–Crippen LogP) is 2.51. The molecular formula is C25H27F3N4O6S. The Hall–Kier alpha value is -3.62. The number of fused-ring (bicyclic) bond motifs is 1. The number of methoxy groups -OCH3 is 1. The molecule has 14 heteroatoms. The Kier molecular flexibility index (Phi) is 8.18. The smallest absolute Gasteiger partial charge is 0.491 e. The number of carbonyl (C=O) groups is 2. The number of esters is 1. The monoisotopic (exact) mass is 568 g/mol. The van der Waals surface area contributed by atoms with Gasteiger partial charge >= 0.3 is 12.1 Å². The van der Waals surface area contributed by atoms with E-state index in [4.69, 9.17) is 9.47 Å². The summed E-state index contributed by atoms with van der Waals surface area (Å²) in [5.41, 5.74) is -0.631. The maximum Gasteiger partial charge on any atom is 0.491 e. The maximum absolute atomic E-state index is 13.9. The van der Waals surface area contributed by atoms with Crippen LogP contribution in [-0.2, 0) is 21.4 Å². The molecule has 0 spiro atoms. The van der Waals surface area contributed by atoms with Crippen molar-refractivity contribution in [2.75, 3.05) is 39.8 Å². The Morgan fingerprint density at radius 1 is 1.08 bits per heavy atom. The van der Waals surface area contributed by atoms with Crippen LogP contribution in [0.3, 0.4) is 0 Å². The van der Waals surface area contributed by atoms with Crippen LogP contribution in [0, 0.1) is 0 Å². The second kappa shape index (κ2) is 11.2. The number of piperazine rings is 1. The molecule has 10 nitrogen and oxygen atoms in total.